The largest absolute Gasteiger partial charge is 0.488 e. The molecule has 1 aliphatic rings. The van der Waals surface area contributed by atoms with Crippen LogP contribution in [0.25, 0.3) is 10.4 Å². The zero-order valence-electron chi connectivity index (χ0n) is 12.0. The number of hydrogen-bond donors (Lipinski definition) is 2. The number of carboxylic acids is 1. The average Bonchev–Trinajstić information content (AvgIpc) is 2.96. The van der Waals surface area contributed by atoms with Gasteiger partial charge in [-0.1, -0.05) is 19.1 Å². The normalized spacial score (nSPS) is 13.5. The summed E-state index contributed by atoms with van der Waals surface area (Å²) in [5.41, 5.74) is 1.93. The summed E-state index contributed by atoms with van der Waals surface area (Å²) < 4.78 is 5.66. The van der Waals surface area contributed by atoms with Crippen molar-refractivity contribution in [1.29, 1.82) is 0 Å². The number of fused-ring (bicyclic) bond motifs is 3. The monoisotopic (exact) mass is 317 g/mol. The van der Waals surface area contributed by atoms with E-state index in [0.29, 0.717) is 17.9 Å². The van der Waals surface area contributed by atoms with Gasteiger partial charge in [0.15, 0.2) is 0 Å². The lowest BCUT2D eigenvalue weighted by atomic mass is 10.1. The highest BCUT2D eigenvalue weighted by Crippen LogP contribution is 2.42. The molecule has 1 amide bonds. The molecule has 3 rings (SSSR count). The van der Waals surface area contributed by atoms with Gasteiger partial charge in [-0.3, -0.25) is 4.79 Å². The molecule has 0 aliphatic carbocycles. The molecule has 1 atom stereocenters. The molecule has 2 heterocycles. The molecule has 0 spiro atoms. The third-order valence-corrected chi connectivity index (χ3v) is 4.77. The Bertz CT molecular complexity index is 737. The molecule has 0 saturated carbocycles. The molecule has 5 nitrogen and oxygen atoms in total. The molecule has 1 aromatic heterocycles. The average molecular weight is 317 g/mol. The van der Waals surface area contributed by atoms with Gasteiger partial charge in [-0.05, 0) is 24.6 Å². The highest BCUT2D eigenvalue weighted by Gasteiger charge is 2.24. The van der Waals surface area contributed by atoms with E-state index in [2.05, 4.69) is 5.32 Å². The SMILES string of the molecule is CCC(NC(=O)c1cc2c(s1)-c1ccccc1OC2)C(=O)O. The smallest absolute Gasteiger partial charge is 0.326 e. The van der Waals surface area contributed by atoms with E-state index < -0.39 is 12.0 Å². The van der Waals surface area contributed by atoms with Crippen LogP contribution in [0, 0.1) is 0 Å². The summed E-state index contributed by atoms with van der Waals surface area (Å²) in [7, 11) is 0. The molecule has 0 bridgehead atoms. The molecular weight excluding hydrogens is 302 g/mol. The summed E-state index contributed by atoms with van der Waals surface area (Å²) >= 11 is 1.37. The van der Waals surface area contributed by atoms with Crippen molar-refractivity contribution in [1.82, 2.24) is 5.32 Å². The number of benzene rings is 1. The van der Waals surface area contributed by atoms with E-state index in [1.54, 1.807) is 13.0 Å². The summed E-state index contributed by atoms with van der Waals surface area (Å²) in [5.74, 6) is -0.572. The lowest BCUT2D eigenvalue weighted by Gasteiger charge is -2.16. The van der Waals surface area contributed by atoms with Gasteiger partial charge in [-0.25, -0.2) is 4.79 Å². The Morgan fingerprint density at radius 1 is 1.41 bits per heavy atom. The maximum atomic E-state index is 12.2. The van der Waals surface area contributed by atoms with Crippen molar-refractivity contribution < 1.29 is 19.4 Å². The van der Waals surface area contributed by atoms with E-state index >= 15 is 0 Å². The minimum absolute atomic E-state index is 0.345. The number of aliphatic carboxylic acids is 1. The summed E-state index contributed by atoms with van der Waals surface area (Å²) in [4.78, 5) is 24.8. The molecule has 1 unspecified atom stereocenters. The highest BCUT2D eigenvalue weighted by atomic mass is 32.1. The first-order chi connectivity index (χ1) is 10.6. The van der Waals surface area contributed by atoms with Gasteiger partial charge in [0.25, 0.3) is 5.91 Å². The van der Waals surface area contributed by atoms with E-state index in [4.69, 9.17) is 9.84 Å². The molecule has 0 radical (unpaired) electrons. The predicted octanol–water partition coefficient (Wildman–Crippen LogP) is 2.90. The fraction of sp³-hybridized carbons (Fsp3) is 0.250. The second kappa shape index (κ2) is 5.81. The molecule has 1 aliphatic heterocycles. The molecular formula is C16H15NO4S. The number of ether oxygens (including phenoxy) is 1. The number of carbonyl (C=O) groups excluding carboxylic acids is 1. The minimum atomic E-state index is -1.02. The van der Waals surface area contributed by atoms with Gasteiger partial charge in [-0.15, -0.1) is 11.3 Å². The molecule has 2 N–H and O–H groups in total. The molecule has 114 valence electrons. The van der Waals surface area contributed by atoms with Crippen LogP contribution in [0.5, 0.6) is 5.75 Å². The van der Waals surface area contributed by atoms with E-state index in [1.165, 1.54) is 11.3 Å². The number of hydrogen-bond acceptors (Lipinski definition) is 4. The standard InChI is InChI=1S/C16H15NO4S/c1-2-11(16(19)20)17-15(18)13-7-9-8-21-12-6-4-3-5-10(12)14(9)22-13/h3-7,11H,2,8H2,1H3,(H,17,18)(H,19,20). The predicted molar refractivity (Wildman–Crippen MR) is 83.3 cm³/mol. The van der Waals surface area contributed by atoms with Crippen LogP contribution in [-0.4, -0.2) is 23.0 Å². The fourth-order valence-corrected chi connectivity index (χ4v) is 3.48. The fourth-order valence-electron chi connectivity index (χ4n) is 2.38. The van der Waals surface area contributed by atoms with Gasteiger partial charge in [0, 0.05) is 16.0 Å². The Labute approximate surface area is 131 Å². The van der Waals surface area contributed by atoms with Gasteiger partial charge in [0.2, 0.25) is 0 Å². The van der Waals surface area contributed by atoms with Crippen LogP contribution in [0.2, 0.25) is 0 Å². The molecule has 6 heteroatoms. The Kier molecular flexibility index (Phi) is 3.85. The van der Waals surface area contributed by atoms with Crippen LogP contribution in [-0.2, 0) is 11.4 Å². The van der Waals surface area contributed by atoms with Crippen LogP contribution in [0.4, 0.5) is 0 Å². The molecule has 0 fully saturated rings. The lowest BCUT2D eigenvalue weighted by molar-refractivity contribution is -0.139. The molecule has 22 heavy (non-hydrogen) atoms. The third-order valence-electron chi connectivity index (χ3n) is 3.56. The van der Waals surface area contributed by atoms with Gasteiger partial charge in [0.05, 0.1) is 4.88 Å². The Balaban J connectivity index is 1.88. The Hall–Kier alpha value is -2.34. The number of carboxylic acid groups (broad SMARTS) is 1. The van der Waals surface area contributed by atoms with E-state index in [-0.39, 0.29) is 5.91 Å². The summed E-state index contributed by atoms with van der Waals surface area (Å²) in [5, 5.41) is 11.6. The first kappa shape index (κ1) is 14.6. The van der Waals surface area contributed by atoms with Crippen LogP contribution < -0.4 is 10.1 Å². The summed E-state index contributed by atoms with van der Waals surface area (Å²) in [6.07, 6.45) is 0.345. The highest BCUT2D eigenvalue weighted by molar-refractivity contribution is 7.17. The van der Waals surface area contributed by atoms with Gasteiger partial charge >= 0.3 is 5.97 Å². The van der Waals surface area contributed by atoms with Crippen molar-refractivity contribution in [3.8, 4) is 16.2 Å². The Morgan fingerprint density at radius 2 is 2.18 bits per heavy atom. The zero-order valence-corrected chi connectivity index (χ0v) is 12.8. The maximum absolute atomic E-state index is 12.2. The first-order valence-corrected chi connectivity index (χ1v) is 7.80. The van der Waals surface area contributed by atoms with E-state index in [1.807, 2.05) is 24.3 Å². The summed E-state index contributed by atoms with van der Waals surface area (Å²) in [6, 6.07) is 8.60. The van der Waals surface area contributed by atoms with Crippen molar-refractivity contribution in [2.75, 3.05) is 0 Å². The molecule has 0 saturated heterocycles. The quantitative estimate of drug-likeness (QED) is 0.909. The minimum Gasteiger partial charge on any atom is -0.488 e. The van der Waals surface area contributed by atoms with E-state index in [9.17, 15) is 9.59 Å². The number of para-hydroxylation sites is 1. The van der Waals surface area contributed by atoms with Crippen molar-refractivity contribution in [2.24, 2.45) is 0 Å². The maximum Gasteiger partial charge on any atom is 0.326 e. The summed E-state index contributed by atoms with van der Waals surface area (Å²) in [6.45, 7) is 2.15. The van der Waals surface area contributed by atoms with Crippen molar-refractivity contribution in [2.45, 2.75) is 26.0 Å². The second-order valence-electron chi connectivity index (χ2n) is 5.02. The second-order valence-corrected chi connectivity index (χ2v) is 6.07. The number of carbonyl (C=O) groups is 2. The Morgan fingerprint density at radius 3 is 2.91 bits per heavy atom. The number of amides is 1. The van der Waals surface area contributed by atoms with Crippen LogP contribution >= 0.6 is 11.3 Å². The number of nitrogens with one attached hydrogen (secondary N) is 1. The number of rotatable bonds is 4. The zero-order chi connectivity index (χ0) is 15.7. The topological polar surface area (TPSA) is 75.6 Å². The molecule has 1 aromatic carbocycles. The van der Waals surface area contributed by atoms with Crippen LogP contribution in [0.1, 0.15) is 28.6 Å². The molecule has 2 aromatic rings. The van der Waals surface area contributed by atoms with Crippen LogP contribution in [0.15, 0.2) is 30.3 Å². The first-order valence-electron chi connectivity index (χ1n) is 6.98. The van der Waals surface area contributed by atoms with Crippen molar-refractivity contribution in [3.05, 3.63) is 40.8 Å². The van der Waals surface area contributed by atoms with Crippen molar-refractivity contribution >= 4 is 23.2 Å². The van der Waals surface area contributed by atoms with Gasteiger partial charge in [0.1, 0.15) is 18.4 Å². The van der Waals surface area contributed by atoms with Gasteiger partial charge < -0.3 is 15.2 Å². The lowest BCUT2D eigenvalue weighted by Crippen LogP contribution is -2.39. The van der Waals surface area contributed by atoms with Crippen LogP contribution in [0.3, 0.4) is 0 Å². The van der Waals surface area contributed by atoms with Crippen molar-refractivity contribution in [3.63, 3.8) is 0 Å². The van der Waals surface area contributed by atoms with Gasteiger partial charge in [-0.2, -0.15) is 0 Å². The third kappa shape index (κ3) is 2.57. The van der Waals surface area contributed by atoms with E-state index in [0.717, 1.165) is 21.8 Å². The number of thiophene rings is 1.